The number of nitrogens with zero attached hydrogens (tertiary/aromatic N) is 1. The fourth-order valence-electron chi connectivity index (χ4n) is 1.89. The molecule has 0 bridgehead atoms. The molecule has 25 heavy (non-hydrogen) atoms. The standard InChI is InChI=1S/C15H12F3N3O4/c16-15(17,18)10-5-1-2-6-11(10)19-20-14(22)9-25-13-8-4-3-7-12(13)21(23)24/h1-8,19H,9H2,(H,20,22). The van der Waals surface area contributed by atoms with Gasteiger partial charge in [0.1, 0.15) is 0 Å². The summed E-state index contributed by atoms with van der Waals surface area (Å²) in [4.78, 5) is 21.8. The molecule has 0 atom stereocenters. The van der Waals surface area contributed by atoms with E-state index in [1.54, 1.807) is 0 Å². The normalized spacial score (nSPS) is 10.8. The van der Waals surface area contributed by atoms with Gasteiger partial charge in [-0.05, 0) is 18.2 Å². The molecule has 0 aromatic heterocycles. The third-order valence-corrected chi connectivity index (χ3v) is 2.99. The molecule has 1 amide bonds. The monoisotopic (exact) mass is 355 g/mol. The number of alkyl halides is 3. The van der Waals surface area contributed by atoms with Crippen molar-refractivity contribution >= 4 is 17.3 Å². The third kappa shape index (κ3) is 4.83. The van der Waals surface area contributed by atoms with Crippen LogP contribution in [-0.2, 0) is 11.0 Å². The van der Waals surface area contributed by atoms with Crippen LogP contribution in [0.1, 0.15) is 5.56 Å². The Hall–Kier alpha value is -3.30. The minimum Gasteiger partial charge on any atom is -0.477 e. The molecule has 0 saturated carbocycles. The molecule has 0 spiro atoms. The molecule has 2 aromatic carbocycles. The molecular weight excluding hydrogens is 343 g/mol. The predicted octanol–water partition coefficient (Wildman–Crippen LogP) is 3.14. The first-order valence-corrected chi connectivity index (χ1v) is 6.86. The fraction of sp³-hybridized carbons (Fsp3) is 0.133. The van der Waals surface area contributed by atoms with E-state index >= 15 is 0 Å². The highest BCUT2D eigenvalue weighted by atomic mass is 19.4. The van der Waals surface area contributed by atoms with Crippen molar-refractivity contribution in [2.75, 3.05) is 12.0 Å². The lowest BCUT2D eigenvalue weighted by atomic mass is 10.2. The van der Waals surface area contributed by atoms with E-state index in [2.05, 4.69) is 5.43 Å². The van der Waals surface area contributed by atoms with Crippen LogP contribution in [0.5, 0.6) is 5.75 Å². The van der Waals surface area contributed by atoms with Gasteiger partial charge in [-0.3, -0.25) is 25.8 Å². The second-order valence-electron chi connectivity index (χ2n) is 4.73. The number of anilines is 1. The van der Waals surface area contributed by atoms with E-state index in [0.29, 0.717) is 0 Å². The van der Waals surface area contributed by atoms with E-state index in [-0.39, 0.29) is 17.1 Å². The first-order chi connectivity index (χ1) is 11.8. The Morgan fingerprint density at radius 3 is 2.44 bits per heavy atom. The van der Waals surface area contributed by atoms with Crippen LogP contribution in [0, 0.1) is 10.1 Å². The first kappa shape index (κ1) is 18.0. The minimum absolute atomic E-state index is 0.127. The third-order valence-electron chi connectivity index (χ3n) is 2.99. The van der Waals surface area contributed by atoms with Crippen molar-refractivity contribution in [3.8, 4) is 5.75 Å². The quantitative estimate of drug-likeness (QED) is 0.613. The number of nitrogens with one attached hydrogen (secondary N) is 2. The molecule has 0 radical (unpaired) electrons. The zero-order valence-electron chi connectivity index (χ0n) is 12.5. The number of nitro benzene ring substituents is 1. The number of carbonyl (C=O) groups is 1. The topological polar surface area (TPSA) is 93.5 Å². The Labute approximate surface area is 139 Å². The number of hydrogen-bond donors (Lipinski definition) is 2. The summed E-state index contributed by atoms with van der Waals surface area (Å²) in [5.41, 5.74) is 2.59. The van der Waals surface area contributed by atoms with Crippen LogP contribution < -0.4 is 15.6 Å². The number of nitro groups is 1. The molecule has 0 heterocycles. The number of benzene rings is 2. The maximum atomic E-state index is 12.8. The van der Waals surface area contributed by atoms with Gasteiger partial charge in [-0.1, -0.05) is 24.3 Å². The fourth-order valence-corrected chi connectivity index (χ4v) is 1.89. The average molecular weight is 355 g/mol. The molecule has 0 aliphatic carbocycles. The molecule has 0 saturated heterocycles. The van der Waals surface area contributed by atoms with Crippen LogP contribution in [0.4, 0.5) is 24.5 Å². The SMILES string of the molecule is O=C(COc1ccccc1[N+](=O)[O-])NNc1ccccc1C(F)(F)F. The lowest BCUT2D eigenvalue weighted by Gasteiger charge is -2.15. The van der Waals surface area contributed by atoms with Crippen molar-refractivity contribution in [1.29, 1.82) is 0 Å². The van der Waals surface area contributed by atoms with Crippen molar-refractivity contribution < 1.29 is 27.6 Å². The molecule has 0 aliphatic rings. The van der Waals surface area contributed by atoms with E-state index < -0.39 is 29.2 Å². The summed E-state index contributed by atoms with van der Waals surface area (Å²) in [6.45, 7) is -0.619. The molecule has 2 rings (SSSR count). The van der Waals surface area contributed by atoms with Crippen molar-refractivity contribution in [1.82, 2.24) is 5.43 Å². The van der Waals surface area contributed by atoms with Crippen molar-refractivity contribution in [2.24, 2.45) is 0 Å². The Kier molecular flexibility index (Phi) is 5.42. The summed E-state index contributed by atoms with van der Waals surface area (Å²) in [7, 11) is 0. The second-order valence-corrected chi connectivity index (χ2v) is 4.73. The number of hydrogen-bond acceptors (Lipinski definition) is 5. The average Bonchev–Trinajstić information content (AvgIpc) is 2.57. The van der Waals surface area contributed by atoms with Gasteiger partial charge in [0.25, 0.3) is 5.91 Å². The minimum atomic E-state index is -4.59. The molecule has 7 nitrogen and oxygen atoms in total. The van der Waals surface area contributed by atoms with Crippen LogP contribution in [0.3, 0.4) is 0 Å². The predicted molar refractivity (Wildman–Crippen MR) is 81.8 cm³/mol. The van der Waals surface area contributed by atoms with Gasteiger partial charge in [-0.15, -0.1) is 0 Å². The number of para-hydroxylation sites is 3. The number of ether oxygens (including phenoxy) is 1. The first-order valence-electron chi connectivity index (χ1n) is 6.86. The number of rotatable bonds is 6. The van der Waals surface area contributed by atoms with E-state index in [0.717, 1.165) is 12.1 Å². The highest BCUT2D eigenvalue weighted by Gasteiger charge is 2.33. The largest absolute Gasteiger partial charge is 0.477 e. The molecule has 0 fully saturated rings. The summed E-state index contributed by atoms with van der Waals surface area (Å²) < 4.78 is 43.5. The van der Waals surface area contributed by atoms with Crippen LogP contribution in [0.25, 0.3) is 0 Å². The highest BCUT2D eigenvalue weighted by molar-refractivity contribution is 5.79. The Morgan fingerprint density at radius 1 is 1.12 bits per heavy atom. The number of hydrazine groups is 1. The zero-order valence-corrected chi connectivity index (χ0v) is 12.5. The molecule has 0 unspecified atom stereocenters. The van der Waals surface area contributed by atoms with Crippen LogP contribution in [0.2, 0.25) is 0 Å². The van der Waals surface area contributed by atoms with Crippen molar-refractivity contribution in [2.45, 2.75) is 6.18 Å². The van der Waals surface area contributed by atoms with Gasteiger partial charge >= 0.3 is 11.9 Å². The molecule has 132 valence electrons. The smallest absolute Gasteiger partial charge is 0.418 e. The Morgan fingerprint density at radius 2 is 1.76 bits per heavy atom. The molecular formula is C15H12F3N3O4. The molecule has 10 heteroatoms. The summed E-state index contributed by atoms with van der Waals surface area (Å²) in [6.07, 6.45) is -4.59. The Balaban J connectivity index is 1.96. The van der Waals surface area contributed by atoms with Gasteiger partial charge in [0.05, 0.1) is 16.2 Å². The van der Waals surface area contributed by atoms with Crippen LogP contribution in [0.15, 0.2) is 48.5 Å². The number of halogens is 3. The van der Waals surface area contributed by atoms with E-state index in [1.807, 2.05) is 5.43 Å². The maximum Gasteiger partial charge on any atom is 0.418 e. The van der Waals surface area contributed by atoms with Crippen molar-refractivity contribution in [3.63, 3.8) is 0 Å². The lowest BCUT2D eigenvalue weighted by Crippen LogP contribution is -2.34. The second kappa shape index (κ2) is 7.51. The van der Waals surface area contributed by atoms with Crippen molar-refractivity contribution in [3.05, 3.63) is 64.2 Å². The van der Waals surface area contributed by atoms with E-state index in [4.69, 9.17) is 4.74 Å². The summed E-state index contributed by atoms with van der Waals surface area (Å²) in [6, 6.07) is 10.0. The Bertz CT molecular complexity index is 781. The van der Waals surface area contributed by atoms with Gasteiger partial charge in [0, 0.05) is 6.07 Å². The van der Waals surface area contributed by atoms with E-state index in [9.17, 15) is 28.1 Å². The number of amides is 1. The highest BCUT2D eigenvalue weighted by Crippen LogP contribution is 2.34. The lowest BCUT2D eigenvalue weighted by molar-refractivity contribution is -0.385. The van der Waals surface area contributed by atoms with Gasteiger partial charge in [-0.2, -0.15) is 13.2 Å². The van der Waals surface area contributed by atoms with Crippen LogP contribution >= 0.6 is 0 Å². The molecule has 2 N–H and O–H groups in total. The molecule has 0 aliphatic heterocycles. The number of carbonyl (C=O) groups excluding carboxylic acids is 1. The van der Waals surface area contributed by atoms with E-state index in [1.165, 1.54) is 36.4 Å². The zero-order chi connectivity index (χ0) is 18.4. The maximum absolute atomic E-state index is 12.8. The summed E-state index contributed by atoms with van der Waals surface area (Å²) in [5.74, 6) is -0.937. The van der Waals surface area contributed by atoms with Gasteiger partial charge in [-0.25, -0.2) is 0 Å². The van der Waals surface area contributed by atoms with Crippen LogP contribution in [-0.4, -0.2) is 17.4 Å². The van der Waals surface area contributed by atoms with Gasteiger partial charge < -0.3 is 4.74 Å². The summed E-state index contributed by atoms with van der Waals surface area (Å²) in [5, 5.41) is 10.8. The molecule has 2 aromatic rings. The summed E-state index contributed by atoms with van der Waals surface area (Å²) >= 11 is 0. The van der Waals surface area contributed by atoms with Gasteiger partial charge in [0.2, 0.25) is 0 Å². The van der Waals surface area contributed by atoms with Gasteiger partial charge in [0.15, 0.2) is 12.4 Å².